The number of amides is 1. The lowest BCUT2D eigenvalue weighted by Gasteiger charge is -2.34. The predicted octanol–water partition coefficient (Wildman–Crippen LogP) is 3.89. The molecule has 0 radical (unpaired) electrons. The third-order valence-corrected chi connectivity index (χ3v) is 4.39. The Morgan fingerprint density at radius 3 is 2.75 bits per heavy atom. The topological polar surface area (TPSA) is 54.5 Å². The normalized spacial score (nSPS) is 17.3. The molecule has 0 saturated carbocycles. The quantitative estimate of drug-likeness (QED) is 0.796. The maximum atomic E-state index is 14.0. The van der Waals surface area contributed by atoms with Gasteiger partial charge < -0.3 is 15.0 Å². The maximum Gasteiger partial charge on any atom is 0.573 e. The average molecular weight is 397 g/mol. The minimum Gasteiger partial charge on any atom is -0.403 e. The lowest BCUT2D eigenvalue weighted by molar-refractivity contribution is -0.275. The number of halogens is 4. The molecule has 2 heterocycles. The Hall–Kier alpha value is -2.84. The number of benzene rings is 1. The number of carbonyl (C=O) groups is 1. The van der Waals surface area contributed by atoms with E-state index in [2.05, 4.69) is 19.9 Å². The van der Waals surface area contributed by atoms with E-state index in [1.807, 2.05) is 0 Å². The molecule has 0 spiro atoms. The van der Waals surface area contributed by atoms with Gasteiger partial charge >= 0.3 is 6.36 Å². The van der Waals surface area contributed by atoms with E-state index < -0.39 is 17.9 Å². The third kappa shape index (κ3) is 5.11. The van der Waals surface area contributed by atoms with Crippen LogP contribution in [0, 0.1) is 5.82 Å². The molecule has 150 valence electrons. The van der Waals surface area contributed by atoms with E-state index in [0.717, 1.165) is 37.2 Å². The number of hydrogen-bond acceptors (Lipinski definition) is 4. The first-order valence-corrected chi connectivity index (χ1v) is 8.75. The first-order chi connectivity index (χ1) is 13.2. The molecule has 1 aliphatic rings. The number of nitrogens with one attached hydrogen (secondary N) is 1. The van der Waals surface area contributed by atoms with Gasteiger partial charge in [0.2, 0.25) is 5.91 Å². The van der Waals surface area contributed by atoms with Crippen molar-refractivity contribution in [3.8, 4) is 17.0 Å². The summed E-state index contributed by atoms with van der Waals surface area (Å²) in [5.74, 6) is -2.09. The number of piperidine rings is 1. The van der Waals surface area contributed by atoms with Crippen LogP contribution < -0.4 is 15.0 Å². The van der Waals surface area contributed by atoms with Crippen LogP contribution in [0.1, 0.15) is 19.8 Å². The number of ether oxygens (including phenoxy) is 1. The van der Waals surface area contributed by atoms with Crippen molar-refractivity contribution in [3.63, 3.8) is 0 Å². The van der Waals surface area contributed by atoms with Crippen LogP contribution in [0.5, 0.6) is 5.75 Å². The summed E-state index contributed by atoms with van der Waals surface area (Å²) in [6, 6.07) is 6.81. The van der Waals surface area contributed by atoms with Crippen molar-refractivity contribution >= 4 is 11.6 Å². The second-order valence-corrected chi connectivity index (χ2v) is 6.58. The molecule has 1 aromatic heterocycles. The molecule has 1 N–H and O–H groups in total. The van der Waals surface area contributed by atoms with Gasteiger partial charge in [0.15, 0.2) is 11.6 Å². The lowest BCUT2D eigenvalue weighted by Crippen LogP contribution is -2.47. The fourth-order valence-electron chi connectivity index (χ4n) is 3.26. The largest absolute Gasteiger partial charge is 0.573 e. The van der Waals surface area contributed by atoms with Gasteiger partial charge in [-0.15, -0.1) is 13.2 Å². The zero-order valence-corrected chi connectivity index (χ0v) is 15.1. The molecule has 1 saturated heterocycles. The molecule has 1 unspecified atom stereocenters. The zero-order chi connectivity index (χ0) is 20.3. The average Bonchev–Trinajstić information content (AvgIpc) is 2.62. The Kier molecular flexibility index (Phi) is 5.71. The van der Waals surface area contributed by atoms with Crippen molar-refractivity contribution in [1.82, 2.24) is 10.3 Å². The van der Waals surface area contributed by atoms with Crippen LogP contribution in [0.4, 0.5) is 23.2 Å². The molecule has 0 bridgehead atoms. The van der Waals surface area contributed by atoms with E-state index in [1.54, 1.807) is 18.3 Å². The van der Waals surface area contributed by atoms with E-state index in [-0.39, 0.29) is 11.9 Å². The van der Waals surface area contributed by atoms with Gasteiger partial charge in [0.25, 0.3) is 0 Å². The van der Waals surface area contributed by atoms with Gasteiger partial charge in [-0.25, -0.2) is 4.39 Å². The van der Waals surface area contributed by atoms with Crippen LogP contribution in [-0.2, 0) is 4.79 Å². The molecule has 9 heteroatoms. The predicted molar refractivity (Wildman–Crippen MR) is 95.4 cm³/mol. The molecule has 2 aromatic rings. The van der Waals surface area contributed by atoms with E-state index in [0.29, 0.717) is 17.8 Å². The number of rotatable bonds is 4. The summed E-state index contributed by atoms with van der Waals surface area (Å²) in [7, 11) is 0. The van der Waals surface area contributed by atoms with Gasteiger partial charge in [0.1, 0.15) is 0 Å². The summed E-state index contributed by atoms with van der Waals surface area (Å²) < 4.78 is 54.5. The Balaban J connectivity index is 1.79. The number of anilines is 1. The second-order valence-electron chi connectivity index (χ2n) is 6.58. The summed E-state index contributed by atoms with van der Waals surface area (Å²) >= 11 is 0. The number of pyridine rings is 1. The first kappa shape index (κ1) is 19.9. The van der Waals surface area contributed by atoms with Gasteiger partial charge in [-0.05, 0) is 43.2 Å². The number of aromatic nitrogens is 1. The standard InChI is InChI=1S/C19H19F4N3O2/c1-12(27)25-14-3-2-8-26(11-14)15-6-7-24-17(10-15)13-4-5-18(16(20)9-13)28-19(21,22)23/h4-7,9-10,14H,2-3,8,11H2,1H3,(H,25,27). The first-order valence-electron chi connectivity index (χ1n) is 8.75. The van der Waals surface area contributed by atoms with Gasteiger partial charge in [0.05, 0.1) is 5.69 Å². The smallest absolute Gasteiger partial charge is 0.403 e. The lowest BCUT2D eigenvalue weighted by atomic mass is 10.0. The third-order valence-electron chi connectivity index (χ3n) is 4.39. The molecular formula is C19H19F4N3O2. The Morgan fingerprint density at radius 1 is 1.29 bits per heavy atom. The fourth-order valence-corrected chi connectivity index (χ4v) is 3.26. The van der Waals surface area contributed by atoms with Crippen molar-refractivity contribution < 1.29 is 27.1 Å². The molecule has 3 rings (SSSR count). The highest BCUT2D eigenvalue weighted by molar-refractivity contribution is 5.73. The van der Waals surface area contributed by atoms with Crippen LogP contribution in [0.2, 0.25) is 0 Å². The van der Waals surface area contributed by atoms with Crippen LogP contribution in [0.15, 0.2) is 36.5 Å². The summed E-state index contributed by atoms with van der Waals surface area (Å²) in [5, 5.41) is 2.91. The number of nitrogens with zero attached hydrogens (tertiary/aromatic N) is 2. The van der Waals surface area contributed by atoms with Crippen molar-refractivity contribution in [2.45, 2.75) is 32.2 Å². The summed E-state index contributed by atoms with van der Waals surface area (Å²) in [6.07, 6.45) is -1.61. The highest BCUT2D eigenvalue weighted by Crippen LogP contribution is 2.30. The Bertz CT molecular complexity index is 857. The minimum absolute atomic E-state index is 0.0408. The molecule has 5 nitrogen and oxygen atoms in total. The second kappa shape index (κ2) is 8.04. The molecular weight excluding hydrogens is 378 g/mol. The fraction of sp³-hybridized carbons (Fsp3) is 0.368. The van der Waals surface area contributed by atoms with Gasteiger partial charge in [-0.2, -0.15) is 0 Å². The number of alkyl halides is 3. The van der Waals surface area contributed by atoms with Crippen LogP contribution in [-0.4, -0.2) is 36.4 Å². The van der Waals surface area contributed by atoms with Gasteiger partial charge in [0, 0.05) is 43.5 Å². The van der Waals surface area contributed by atoms with E-state index in [9.17, 15) is 22.4 Å². The van der Waals surface area contributed by atoms with Gasteiger partial charge in [-0.1, -0.05) is 0 Å². The SMILES string of the molecule is CC(=O)NC1CCCN(c2ccnc(-c3ccc(OC(F)(F)F)c(F)c3)c2)C1. The summed E-state index contributed by atoms with van der Waals surface area (Å²) in [4.78, 5) is 17.6. The molecule has 1 aliphatic heterocycles. The van der Waals surface area contributed by atoms with Crippen molar-refractivity contribution in [2.75, 3.05) is 18.0 Å². The molecule has 1 amide bonds. The maximum absolute atomic E-state index is 14.0. The van der Waals surface area contributed by atoms with E-state index in [4.69, 9.17) is 0 Å². The Labute approximate surface area is 159 Å². The highest BCUT2D eigenvalue weighted by Gasteiger charge is 2.32. The summed E-state index contributed by atoms with van der Waals surface area (Å²) in [5.41, 5.74) is 1.61. The van der Waals surface area contributed by atoms with Crippen LogP contribution in [0.3, 0.4) is 0 Å². The number of hydrogen-bond donors (Lipinski definition) is 1. The minimum atomic E-state index is -4.96. The molecule has 28 heavy (non-hydrogen) atoms. The molecule has 0 aliphatic carbocycles. The monoisotopic (exact) mass is 397 g/mol. The van der Waals surface area contributed by atoms with E-state index >= 15 is 0 Å². The van der Waals surface area contributed by atoms with Crippen molar-refractivity contribution in [1.29, 1.82) is 0 Å². The molecule has 1 atom stereocenters. The molecule has 1 fully saturated rings. The van der Waals surface area contributed by atoms with Crippen LogP contribution in [0.25, 0.3) is 11.3 Å². The van der Waals surface area contributed by atoms with Crippen LogP contribution >= 0.6 is 0 Å². The number of carbonyl (C=O) groups excluding carboxylic acids is 1. The molecule has 1 aromatic carbocycles. The highest BCUT2D eigenvalue weighted by atomic mass is 19.4. The summed E-state index contributed by atoms with van der Waals surface area (Å²) in [6.45, 7) is 2.91. The Morgan fingerprint density at radius 2 is 2.07 bits per heavy atom. The van der Waals surface area contributed by atoms with E-state index in [1.165, 1.54) is 13.0 Å². The van der Waals surface area contributed by atoms with Gasteiger partial charge in [-0.3, -0.25) is 9.78 Å². The zero-order valence-electron chi connectivity index (χ0n) is 15.1. The van der Waals surface area contributed by atoms with Crippen molar-refractivity contribution in [3.05, 3.63) is 42.3 Å². The van der Waals surface area contributed by atoms with Crippen molar-refractivity contribution in [2.24, 2.45) is 0 Å².